The van der Waals surface area contributed by atoms with Gasteiger partial charge in [0.25, 0.3) is 5.91 Å². The van der Waals surface area contributed by atoms with Gasteiger partial charge in [-0.1, -0.05) is 11.2 Å². The molecular formula is C28H36N4O8. The number of oxime groups is 1. The number of carbonyl (C=O) groups is 3. The molecule has 3 aliphatic carbocycles. The third kappa shape index (κ3) is 4.55. The molecule has 0 unspecified atom stereocenters. The predicted octanol–water partition coefficient (Wildman–Crippen LogP) is 0.965. The third-order valence-corrected chi connectivity index (χ3v) is 7.99. The Kier molecular flexibility index (Phi) is 7.81. The van der Waals surface area contributed by atoms with E-state index < -0.39 is 58.0 Å². The third-order valence-electron chi connectivity index (χ3n) is 7.99. The molecule has 3 aliphatic rings. The van der Waals surface area contributed by atoms with Crippen LogP contribution in [0.1, 0.15) is 41.8 Å². The summed E-state index contributed by atoms with van der Waals surface area (Å²) >= 11 is 0. The van der Waals surface area contributed by atoms with E-state index in [-0.39, 0.29) is 29.7 Å². The van der Waals surface area contributed by atoms with Crippen molar-refractivity contribution in [3.05, 3.63) is 51.5 Å². The first-order valence-electron chi connectivity index (χ1n) is 13.1. The number of phenols is 1. The SMILES string of the molecule is CCON=C(C)CN(C)Cc1ccc(O)c2c1C[C@H]1C[C@H]3[C@H](N(C)C)C(O)=C(C(N)=O)C(=O)[C@@]3(O)C(O)=C1C2=O. The van der Waals surface area contributed by atoms with Crippen LogP contribution in [-0.4, -0.2) is 99.3 Å². The van der Waals surface area contributed by atoms with Crippen LogP contribution in [0.5, 0.6) is 5.75 Å². The van der Waals surface area contributed by atoms with Crippen LogP contribution in [0, 0.1) is 11.8 Å². The number of primary amides is 1. The van der Waals surface area contributed by atoms with Gasteiger partial charge in [-0.2, -0.15) is 0 Å². The number of nitrogens with zero attached hydrogens (tertiary/aromatic N) is 3. The van der Waals surface area contributed by atoms with Gasteiger partial charge in [0.1, 0.15) is 29.4 Å². The molecule has 0 saturated heterocycles. The zero-order valence-corrected chi connectivity index (χ0v) is 23.3. The van der Waals surface area contributed by atoms with E-state index in [0.29, 0.717) is 25.3 Å². The fourth-order valence-electron chi connectivity index (χ4n) is 6.40. The van der Waals surface area contributed by atoms with Crippen molar-refractivity contribution in [3.8, 4) is 5.75 Å². The van der Waals surface area contributed by atoms with Crippen molar-refractivity contribution in [1.29, 1.82) is 0 Å². The minimum atomic E-state index is -2.66. The molecule has 1 amide bonds. The van der Waals surface area contributed by atoms with Gasteiger partial charge in [0.15, 0.2) is 11.4 Å². The maximum absolute atomic E-state index is 13.8. The number of phenolic OH excluding ortho intramolecular Hbond substituents is 1. The van der Waals surface area contributed by atoms with Crippen molar-refractivity contribution in [1.82, 2.24) is 9.80 Å². The van der Waals surface area contributed by atoms with E-state index in [2.05, 4.69) is 5.16 Å². The Balaban J connectivity index is 1.80. The van der Waals surface area contributed by atoms with E-state index >= 15 is 0 Å². The smallest absolute Gasteiger partial charge is 0.255 e. The van der Waals surface area contributed by atoms with Gasteiger partial charge >= 0.3 is 0 Å². The molecule has 40 heavy (non-hydrogen) atoms. The number of aliphatic hydroxyl groups excluding tert-OH is 2. The minimum Gasteiger partial charge on any atom is -0.510 e. The van der Waals surface area contributed by atoms with Gasteiger partial charge in [-0.05, 0) is 70.9 Å². The van der Waals surface area contributed by atoms with Gasteiger partial charge in [-0.15, -0.1) is 0 Å². The molecule has 4 rings (SSSR count). The standard InChI is InChI=1S/C28H36N4O8/c1-6-40-30-13(2)11-32(5)12-14-7-8-18(33)20-16(14)9-15-10-17-22(31(3)4)24(35)21(27(29)38)26(37)28(17,39)25(36)19(15)23(20)34/h7-8,15,17,22,33,35-36,39H,6,9-12H2,1-5H3,(H2,29,38)/t15-,17-,22-,28-/m0/s1. The molecule has 0 heterocycles. The molecule has 12 heteroatoms. The average Bonchev–Trinajstić information content (AvgIpc) is 2.86. The molecule has 12 nitrogen and oxygen atoms in total. The number of benzene rings is 1. The summed E-state index contributed by atoms with van der Waals surface area (Å²) in [6.07, 6.45) is 0.273. The van der Waals surface area contributed by atoms with Crippen molar-refractivity contribution in [3.63, 3.8) is 0 Å². The molecule has 4 atom stereocenters. The number of rotatable bonds is 8. The first-order chi connectivity index (χ1) is 18.7. The minimum absolute atomic E-state index is 0.00797. The van der Waals surface area contributed by atoms with Gasteiger partial charge in [-0.3, -0.25) is 24.2 Å². The molecule has 6 N–H and O–H groups in total. The van der Waals surface area contributed by atoms with Gasteiger partial charge in [0.05, 0.1) is 17.3 Å². The number of Topliss-reactive ketones (excluding diaryl/α,β-unsaturated/α-hetero) is 2. The summed E-state index contributed by atoms with van der Waals surface area (Å²) in [6.45, 7) is 5.04. The summed E-state index contributed by atoms with van der Waals surface area (Å²) < 4.78 is 0. The molecule has 0 aliphatic heterocycles. The van der Waals surface area contributed by atoms with Crippen LogP contribution in [0.25, 0.3) is 0 Å². The number of amides is 1. The van der Waals surface area contributed by atoms with Crippen molar-refractivity contribution in [2.45, 2.75) is 44.9 Å². The van der Waals surface area contributed by atoms with Gasteiger partial charge in [0.2, 0.25) is 5.78 Å². The van der Waals surface area contributed by atoms with Crippen molar-refractivity contribution in [2.24, 2.45) is 22.7 Å². The second-order valence-corrected chi connectivity index (χ2v) is 11.0. The topological polar surface area (TPSA) is 186 Å². The van der Waals surface area contributed by atoms with Crippen LogP contribution in [0.15, 0.2) is 40.0 Å². The van der Waals surface area contributed by atoms with Crippen molar-refractivity contribution in [2.75, 3.05) is 34.3 Å². The first kappa shape index (κ1) is 29.2. The van der Waals surface area contributed by atoms with E-state index in [0.717, 1.165) is 11.3 Å². The van der Waals surface area contributed by atoms with Crippen LogP contribution in [-0.2, 0) is 27.4 Å². The monoisotopic (exact) mass is 556 g/mol. The molecule has 0 fully saturated rings. The molecule has 0 radical (unpaired) electrons. The summed E-state index contributed by atoms with van der Waals surface area (Å²) in [7, 11) is 5.07. The second-order valence-electron chi connectivity index (χ2n) is 11.0. The number of carbonyl (C=O) groups excluding carboxylic acids is 3. The number of aliphatic hydroxyl groups is 3. The van der Waals surface area contributed by atoms with Crippen molar-refractivity contribution < 1.29 is 39.6 Å². The van der Waals surface area contributed by atoms with Gasteiger partial charge in [0, 0.05) is 24.6 Å². The molecule has 0 aromatic heterocycles. The van der Waals surface area contributed by atoms with Crippen molar-refractivity contribution >= 4 is 23.2 Å². The van der Waals surface area contributed by atoms with Crippen LogP contribution in [0.4, 0.5) is 0 Å². The quantitative estimate of drug-likeness (QED) is 0.175. The number of ketones is 2. The highest BCUT2D eigenvalue weighted by Gasteiger charge is 2.63. The first-order valence-corrected chi connectivity index (χ1v) is 13.1. The Bertz CT molecular complexity index is 1360. The summed E-state index contributed by atoms with van der Waals surface area (Å²) in [5, 5.41) is 48.7. The number of likely N-dealkylation sites (N-methyl/N-ethyl adjacent to an activating group) is 1. The Hall–Kier alpha value is -3.74. The zero-order valence-electron chi connectivity index (χ0n) is 23.3. The summed E-state index contributed by atoms with van der Waals surface area (Å²) in [4.78, 5) is 47.9. The highest BCUT2D eigenvalue weighted by Crippen LogP contribution is 2.52. The summed E-state index contributed by atoms with van der Waals surface area (Å²) in [6, 6.07) is 2.10. The maximum Gasteiger partial charge on any atom is 0.255 e. The lowest BCUT2D eigenvalue weighted by Gasteiger charge is -2.50. The number of aromatic hydroxyl groups is 1. The van der Waals surface area contributed by atoms with E-state index in [1.54, 1.807) is 20.2 Å². The Morgan fingerprint density at radius 3 is 2.48 bits per heavy atom. The van der Waals surface area contributed by atoms with Crippen LogP contribution in [0.3, 0.4) is 0 Å². The summed E-state index contributed by atoms with van der Waals surface area (Å²) in [5.74, 6) is -6.68. The highest BCUT2D eigenvalue weighted by molar-refractivity contribution is 6.24. The molecule has 0 saturated carbocycles. The fraction of sp³-hybridized carbons (Fsp3) is 0.500. The highest BCUT2D eigenvalue weighted by atomic mass is 16.6. The Morgan fingerprint density at radius 1 is 1.20 bits per heavy atom. The molecule has 1 aromatic carbocycles. The lowest BCUT2D eigenvalue weighted by Crippen LogP contribution is -2.63. The number of hydrogen-bond donors (Lipinski definition) is 5. The number of nitrogens with two attached hydrogens (primary N) is 1. The van der Waals surface area contributed by atoms with E-state index in [1.807, 2.05) is 25.8 Å². The summed E-state index contributed by atoms with van der Waals surface area (Å²) in [5.41, 5.74) is 3.84. The normalized spacial score (nSPS) is 26.7. The lowest BCUT2D eigenvalue weighted by atomic mass is 9.58. The van der Waals surface area contributed by atoms with Crippen LogP contribution >= 0.6 is 0 Å². The van der Waals surface area contributed by atoms with E-state index in [9.17, 15) is 34.8 Å². The Labute approximate surface area is 232 Å². The van der Waals surface area contributed by atoms with Crippen LogP contribution < -0.4 is 5.73 Å². The molecular weight excluding hydrogens is 520 g/mol. The van der Waals surface area contributed by atoms with Gasteiger partial charge < -0.3 is 31.0 Å². The van der Waals surface area contributed by atoms with E-state index in [4.69, 9.17) is 10.6 Å². The zero-order chi connectivity index (χ0) is 29.7. The van der Waals surface area contributed by atoms with Gasteiger partial charge in [-0.25, -0.2) is 0 Å². The average molecular weight is 557 g/mol. The number of hydrogen-bond acceptors (Lipinski definition) is 11. The number of allylic oxidation sites excluding steroid dienone is 1. The molecule has 216 valence electrons. The number of fused-ring (bicyclic) bond motifs is 3. The van der Waals surface area contributed by atoms with E-state index in [1.165, 1.54) is 11.0 Å². The maximum atomic E-state index is 13.8. The molecule has 0 bridgehead atoms. The fourth-order valence-corrected chi connectivity index (χ4v) is 6.40. The molecule has 0 spiro atoms. The predicted molar refractivity (Wildman–Crippen MR) is 145 cm³/mol. The molecule has 1 aromatic rings. The largest absolute Gasteiger partial charge is 0.510 e. The van der Waals surface area contributed by atoms with Crippen LogP contribution in [0.2, 0.25) is 0 Å². The Morgan fingerprint density at radius 2 is 1.88 bits per heavy atom. The second kappa shape index (κ2) is 10.7. The lowest BCUT2D eigenvalue weighted by molar-refractivity contribution is -0.148.